The van der Waals surface area contributed by atoms with Gasteiger partial charge < -0.3 is 10.5 Å². The molecule has 4 heteroatoms. The van der Waals surface area contributed by atoms with Gasteiger partial charge in [0.15, 0.2) is 0 Å². The van der Waals surface area contributed by atoms with Gasteiger partial charge in [-0.05, 0) is 55.7 Å². The summed E-state index contributed by atoms with van der Waals surface area (Å²) < 4.78 is 6.26. The third-order valence-corrected chi connectivity index (χ3v) is 4.25. The highest BCUT2D eigenvalue weighted by molar-refractivity contribution is 5.87. The van der Waals surface area contributed by atoms with Gasteiger partial charge in [0, 0.05) is 29.4 Å². The molecule has 0 bridgehead atoms. The summed E-state index contributed by atoms with van der Waals surface area (Å²) in [6.45, 7) is 2.18. The molecule has 0 saturated heterocycles. The van der Waals surface area contributed by atoms with Crippen LogP contribution in [0.3, 0.4) is 0 Å². The van der Waals surface area contributed by atoms with Crippen molar-refractivity contribution in [2.24, 2.45) is 5.73 Å². The van der Waals surface area contributed by atoms with E-state index in [1.807, 2.05) is 12.4 Å². The van der Waals surface area contributed by atoms with Crippen molar-refractivity contribution >= 4 is 23.2 Å². The molecule has 1 heterocycles. The molecule has 0 unspecified atom stereocenters. The average Bonchev–Trinajstić information content (AvgIpc) is 2.49. The topological polar surface area (TPSA) is 48.1 Å². The van der Waals surface area contributed by atoms with Gasteiger partial charge in [-0.15, -0.1) is 12.4 Å². The van der Waals surface area contributed by atoms with Crippen LogP contribution in [0.15, 0.2) is 30.6 Å². The molecule has 0 atom stereocenters. The molecule has 0 spiro atoms. The molecular weight excluding hydrogens is 284 g/mol. The number of hydrogen-bond donors (Lipinski definition) is 1. The molecule has 1 aromatic carbocycles. The third-order valence-electron chi connectivity index (χ3n) is 4.25. The van der Waals surface area contributed by atoms with Crippen molar-refractivity contribution < 1.29 is 4.74 Å². The summed E-state index contributed by atoms with van der Waals surface area (Å²) in [4.78, 5) is 4.19. The summed E-state index contributed by atoms with van der Waals surface area (Å²) in [6.07, 6.45) is 9.34. The molecular formula is C17H23ClN2O. The lowest BCUT2D eigenvalue weighted by molar-refractivity contribution is 0.146. The zero-order chi connectivity index (χ0) is 13.9. The molecule has 1 saturated carbocycles. The SMILES string of the molecule is CCc1c(OC2CCC(N)CC2)ccc2cnccc12.Cl. The quantitative estimate of drug-likeness (QED) is 0.936. The number of nitrogens with two attached hydrogens (primary N) is 1. The molecule has 3 rings (SSSR count). The fourth-order valence-corrected chi connectivity index (χ4v) is 3.07. The van der Waals surface area contributed by atoms with Crippen LogP contribution in [0.5, 0.6) is 5.75 Å². The molecule has 2 aromatic rings. The summed E-state index contributed by atoms with van der Waals surface area (Å²) in [5, 5.41) is 2.44. The number of hydrogen-bond acceptors (Lipinski definition) is 3. The summed E-state index contributed by atoms with van der Waals surface area (Å²) in [7, 11) is 0. The predicted octanol–water partition coefficient (Wildman–Crippen LogP) is 3.87. The Morgan fingerprint density at radius 2 is 1.95 bits per heavy atom. The second-order valence-electron chi connectivity index (χ2n) is 5.65. The normalized spacial score (nSPS) is 21.8. The van der Waals surface area contributed by atoms with Crippen LogP contribution in [0, 0.1) is 0 Å². The highest BCUT2D eigenvalue weighted by Gasteiger charge is 2.21. The molecule has 3 nitrogen and oxygen atoms in total. The molecule has 1 aromatic heterocycles. The van der Waals surface area contributed by atoms with E-state index in [2.05, 4.69) is 30.1 Å². The van der Waals surface area contributed by atoms with Crippen molar-refractivity contribution in [2.45, 2.75) is 51.2 Å². The minimum atomic E-state index is 0. The smallest absolute Gasteiger partial charge is 0.123 e. The van der Waals surface area contributed by atoms with E-state index in [-0.39, 0.29) is 12.4 Å². The summed E-state index contributed by atoms with van der Waals surface area (Å²) >= 11 is 0. The Bertz CT molecular complexity index is 594. The Labute approximate surface area is 132 Å². The zero-order valence-electron chi connectivity index (χ0n) is 12.4. The number of rotatable bonds is 3. The summed E-state index contributed by atoms with van der Waals surface area (Å²) in [5.74, 6) is 1.03. The number of nitrogens with zero attached hydrogens (tertiary/aromatic N) is 1. The molecule has 0 amide bonds. The number of pyridine rings is 1. The highest BCUT2D eigenvalue weighted by atomic mass is 35.5. The minimum Gasteiger partial charge on any atom is -0.490 e. The maximum Gasteiger partial charge on any atom is 0.123 e. The molecule has 21 heavy (non-hydrogen) atoms. The van der Waals surface area contributed by atoms with Crippen LogP contribution < -0.4 is 10.5 Å². The maximum atomic E-state index is 6.26. The van der Waals surface area contributed by atoms with E-state index in [1.54, 1.807) is 0 Å². The Morgan fingerprint density at radius 1 is 1.19 bits per heavy atom. The van der Waals surface area contributed by atoms with E-state index < -0.39 is 0 Å². The summed E-state index contributed by atoms with van der Waals surface area (Å²) in [5.41, 5.74) is 7.25. The first-order valence-corrected chi connectivity index (χ1v) is 7.55. The largest absolute Gasteiger partial charge is 0.490 e. The van der Waals surface area contributed by atoms with Crippen molar-refractivity contribution in [3.05, 3.63) is 36.2 Å². The predicted molar refractivity (Wildman–Crippen MR) is 89.2 cm³/mol. The number of aryl methyl sites for hydroxylation is 1. The van der Waals surface area contributed by atoms with Crippen LogP contribution in [-0.2, 0) is 6.42 Å². The van der Waals surface area contributed by atoms with Gasteiger partial charge in [0.25, 0.3) is 0 Å². The molecule has 1 fully saturated rings. The second kappa shape index (κ2) is 7.10. The van der Waals surface area contributed by atoms with Gasteiger partial charge in [0.2, 0.25) is 0 Å². The number of ether oxygens (including phenoxy) is 1. The first-order valence-electron chi connectivity index (χ1n) is 7.55. The number of aromatic nitrogens is 1. The van der Waals surface area contributed by atoms with Crippen molar-refractivity contribution in [1.82, 2.24) is 4.98 Å². The van der Waals surface area contributed by atoms with E-state index in [4.69, 9.17) is 10.5 Å². The van der Waals surface area contributed by atoms with Crippen LogP contribution >= 0.6 is 12.4 Å². The molecule has 0 radical (unpaired) electrons. The number of halogens is 1. The Morgan fingerprint density at radius 3 is 2.67 bits per heavy atom. The molecule has 0 aliphatic heterocycles. The standard InChI is InChI=1S/C17H22N2O.ClH/c1-2-15-16-9-10-19-11-12(16)3-8-17(15)20-14-6-4-13(18)5-7-14;/h3,8-11,13-14H,2,4-7,18H2,1H3;1H. The van der Waals surface area contributed by atoms with Crippen LogP contribution in [0.1, 0.15) is 38.2 Å². The van der Waals surface area contributed by atoms with E-state index in [1.165, 1.54) is 16.3 Å². The van der Waals surface area contributed by atoms with E-state index in [0.717, 1.165) is 37.9 Å². The Kier molecular flexibility index (Phi) is 5.43. The van der Waals surface area contributed by atoms with Gasteiger partial charge in [0.1, 0.15) is 5.75 Å². The molecule has 2 N–H and O–H groups in total. The van der Waals surface area contributed by atoms with Crippen molar-refractivity contribution in [1.29, 1.82) is 0 Å². The Hall–Kier alpha value is -1.32. The molecule has 114 valence electrons. The van der Waals surface area contributed by atoms with Gasteiger partial charge >= 0.3 is 0 Å². The molecule has 1 aliphatic rings. The van der Waals surface area contributed by atoms with Crippen molar-refractivity contribution in [3.8, 4) is 5.75 Å². The lowest BCUT2D eigenvalue weighted by Crippen LogP contribution is -2.31. The Balaban J connectivity index is 0.00000161. The van der Waals surface area contributed by atoms with Crippen LogP contribution in [0.2, 0.25) is 0 Å². The van der Waals surface area contributed by atoms with Crippen LogP contribution in [-0.4, -0.2) is 17.1 Å². The number of benzene rings is 1. The summed E-state index contributed by atoms with van der Waals surface area (Å²) in [6, 6.07) is 6.64. The second-order valence-corrected chi connectivity index (χ2v) is 5.65. The zero-order valence-corrected chi connectivity index (χ0v) is 13.2. The van der Waals surface area contributed by atoms with Crippen molar-refractivity contribution in [2.75, 3.05) is 0 Å². The van der Waals surface area contributed by atoms with E-state index in [9.17, 15) is 0 Å². The van der Waals surface area contributed by atoms with Gasteiger partial charge in [-0.1, -0.05) is 6.92 Å². The first kappa shape index (κ1) is 16.1. The van der Waals surface area contributed by atoms with E-state index in [0.29, 0.717) is 12.1 Å². The van der Waals surface area contributed by atoms with Crippen molar-refractivity contribution in [3.63, 3.8) is 0 Å². The lowest BCUT2D eigenvalue weighted by Gasteiger charge is -2.27. The number of fused-ring (bicyclic) bond motifs is 1. The van der Waals surface area contributed by atoms with Crippen LogP contribution in [0.4, 0.5) is 0 Å². The lowest BCUT2D eigenvalue weighted by atomic mass is 9.93. The first-order chi connectivity index (χ1) is 9.78. The minimum absolute atomic E-state index is 0. The fraction of sp³-hybridized carbons (Fsp3) is 0.471. The monoisotopic (exact) mass is 306 g/mol. The average molecular weight is 307 g/mol. The maximum absolute atomic E-state index is 6.26. The molecule has 1 aliphatic carbocycles. The van der Waals surface area contributed by atoms with E-state index >= 15 is 0 Å². The van der Waals surface area contributed by atoms with Gasteiger partial charge in [-0.2, -0.15) is 0 Å². The van der Waals surface area contributed by atoms with Gasteiger partial charge in [0.05, 0.1) is 6.10 Å². The third kappa shape index (κ3) is 3.47. The van der Waals surface area contributed by atoms with Crippen LogP contribution in [0.25, 0.3) is 10.8 Å². The highest BCUT2D eigenvalue weighted by Crippen LogP contribution is 2.31. The fourth-order valence-electron chi connectivity index (χ4n) is 3.07. The van der Waals surface area contributed by atoms with Gasteiger partial charge in [-0.25, -0.2) is 0 Å². The van der Waals surface area contributed by atoms with Gasteiger partial charge in [-0.3, -0.25) is 4.98 Å².